The van der Waals surface area contributed by atoms with Crippen LogP contribution < -0.4 is 10.6 Å². The number of rotatable bonds is 11. The summed E-state index contributed by atoms with van der Waals surface area (Å²) >= 11 is 7.44. The minimum absolute atomic E-state index is 0.0201. The minimum atomic E-state index is -0.449. The second-order valence-electron chi connectivity index (χ2n) is 9.13. The molecule has 1 atom stereocenters. The van der Waals surface area contributed by atoms with Gasteiger partial charge in [-0.05, 0) is 57.0 Å². The first-order chi connectivity index (χ1) is 18.1. The summed E-state index contributed by atoms with van der Waals surface area (Å²) in [5.41, 5.74) is 1.24. The summed E-state index contributed by atoms with van der Waals surface area (Å²) in [5.74, 6) is -0.307. The SMILES string of the molecule is CCn1c(SCC(=O)Nc2cccc(C(=O)OC(C)C)c2)nnc1[C@H](NC(=O)c1ccccc1Cl)C(C)C. The molecule has 0 aliphatic heterocycles. The van der Waals surface area contributed by atoms with Crippen molar-refractivity contribution in [1.82, 2.24) is 20.1 Å². The van der Waals surface area contributed by atoms with E-state index < -0.39 is 12.0 Å². The Hall–Kier alpha value is -3.37. The summed E-state index contributed by atoms with van der Waals surface area (Å²) in [6.45, 7) is 10.0. The van der Waals surface area contributed by atoms with Crippen LogP contribution in [0.25, 0.3) is 0 Å². The van der Waals surface area contributed by atoms with Gasteiger partial charge in [0.2, 0.25) is 5.91 Å². The first-order valence-electron chi connectivity index (χ1n) is 12.3. The van der Waals surface area contributed by atoms with Gasteiger partial charge < -0.3 is 19.9 Å². The van der Waals surface area contributed by atoms with Gasteiger partial charge in [-0.25, -0.2) is 4.79 Å². The highest BCUT2D eigenvalue weighted by atomic mass is 35.5. The molecule has 0 unspecified atom stereocenters. The molecule has 1 aromatic heterocycles. The topological polar surface area (TPSA) is 115 Å². The van der Waals surface area contributed by atoms with Gasteiger partial charge in [0, 0.05) is 12.2 Å². The average Bonchev–Trinajstić information content (AvgIpc) is 3.28. The van der Waals surface area contributed by atoms with Crippen molar-refractivity contribution in [3.63, 3.8) is 0 Å². The van der Waals surface area contributed by atoms with Crippen molar-refractivity contribution in [2.45, 2.75) is 58.5 Å². The molecular formula is C27H32ClN5O4S. The first-order valence-corrected chi connectivity index (χ1v) is 13.7. The Balaban J connectivity index is 1.68. The maximum Gasteiger partial charge on any atom is 0.338 e. The highest BCUT2D eigenvalue weighted by Crippen LogP contribution is 2.26. The van der Waals surface area contributed by atoms with Crippen LogP contribution in [0, 0.1) is 5.92 Å². The molecule has 2 aromatic carbocycles. The van der Waals surface area contributed by atoms with Crippen LogP contribution in [0.1, 0.15) is 67.2 Å². The number of hydrogen-bond donors (Lipinski definition) is 2. The summed E-state index contributed by atoms with van der Waals surface area (Å²) in [7, 11) is 0. The van der Waals surface area contributed by atoms with E-state index in [1.165, 1.54) is 11.8 Å². The van der Waals surface area contributed by atoms with Crippen molar-refractivity contribution in [3.8, 4) is 0 Å². The van der Waals surface area contributed by atoms with E-state index in [2.05, 4.69) is 20.8 Å². The Kier molecular flexibility index (Phi) is 10.3. The molecule has 2 amide bonds. The largest absolute Gasteiger partial charge is 0.459 e. The fourth-order valence-electron chi connectivity index (χ4n) is 3.66. The number of aromatic nitrogens is 3. The zero-order valence-corrected chi connectivity index (χ0v) is 23.6. The summed E-state index contributed by atoms with van der Waals surface area (Å²) < 4.78 is 7.10. The molecule has 0 spiro atoms. The lowest BCUT2D eigenvalue weighted by Crippen LogP contribution is -2.34. The Morgan fingerprint density at radius 1 is 1.05 bits per heavy atom. The van der Waals surface area contributed by atoms with Crippen LogP contribution in [-0.2, 0) is 16.1 Å². The molecule has 0 fully saturated rings. The molecule has 9 nitrogen and oxygen atoms in total. The van der Waals surface area contributed by atoms with Gasteiger partial charge in [-0.15, -0.1) is 10.2 Å². The molecule has 0 saturated carbocycles. The number of amides is 2. The Morgan fingerprint density at radius 2 is 1.79 bits per heavy atom. The van der Waals surface area contributed by atoms with Crippen LogP contribution in [0.2, 0.25) is 5.02 Å². The van der Waals surface area contributed by atoms with Crippen LogP contribution in [0.15, 0.2) is 53.7 Å². The fraction of sp³-hybridized carbons (Fsp3) is 0.370. The van der Waals surface area contributed by atoms with E-state index in [4.69, 9.17) is 16.3 Å². The van der Waals surface area contributed by atoms with E-state index in [0.29, 0.717) is 39.4 Å². The maximum absolute atomic E-state index is 12.9. The molecule has 0 saturated heterocycles. The average molecular weight is 558 g/mol. The summed E-state index contributed by atoms with van der Waals surface area (Å²) in [6.07, 6.45) is -0.238. The zero-order valence-electron chi connectivity index (χ0n) is 22.0. The molecule has 202 valence electrons. The highest BCUT2D eigenvalue weighted by Gasteiger charge is 2.27. The van der Waals surface area contributed by atoms with Crippen LogP contribution in [0.5, 0.6) is 0 Å². The fourth-order valence-corrected chi connectivity index (χ4v) is 4.69. The second-order valence-corrected chi connectivity index (χ2v) is 10.5. The Labute approximate surface area is 231 Å². The van der Waals surface area contributed by atoms with Crippen LogP contribution in [-0.4, -0.2) is 44.4 Å². The van der Waals surface area contributed by atoms with Gasteiger partial charge >= 0.3 is 5.97 Å². The number of benzene rings is 2. The van der Waals surface area contributed by atoms with E-state index in [1.54, 1.807) is 62.4 Å². The summed E-state index contributed by atoms with van der Waals surface area (Å²) in [4.78, 5) is 37.7. The molecular weight excluding hydrogens is 526 g/mol. The minimum Gasteiger partial charge on any atom is -0.459 e. The molecule has 11 heteroatoms. The van der Waals surface area contributed by atoms with Crippen molar-refractivity contribution < 1.29 is 19.1 Å². The smallest absolute Gasteiger partial charge is 0.338 e. The molecule has 0 radical (unpaired) electrons. The molecule has 0 aliphatic carbocycles. The molecule has 1 heterocycles. The maximum atomic E-state index is 12.9. The van der Waals surface area contributed by atoms with Crippen molar-refractivity contribution in [2.24, 2.45) is 5.92 Å². The second kappa shape index (κ2) is 13.4. The van der Waals surface area contributed by atoms with Gasteiger partial charge in [0.05, 0.1) is 34.0 Å². The number of nitrogens with zero attached hydrogens (tertiary/aromatic N) is 3. The lowest BCUT2D eigenvalue weighted by molar-refractivity contribution is -0.113. The van der Waals surface area contributed by atoms with Gasteiger partial charge in [0.1, 0.15) is 0 Å². The van der Waals surface area contributed by atoms with Gasteiger partial charge in [0.15, 0.2) is 11.0 Å². The van der Waals surface area contributed by atoms with Crippen molar-refractivity contribution in [2.75, 3.05) is 11.1 Å². The van der Waals surface area contributed by atoms with Crippen molar-refractivity contribution in [1.29, 1.82) is 0 Å². The molecule has 0 aliphatic rings. The van der Waals surface area contributed by atoms with E-state index >= 15 is 0 Å². The predicted octanol–water partition coefficient (Wildman–Crippen LogP) is 5.37. The normalized spacial score (nSPS) is 11.9. The van der Waals surface area contributed by atoms with Gasteiger partial charge in [-0.3, -0.25) is 9.59 Å². The predicted molar refractivity (Wildman–Crippen MR) is 149 cm³/mol. The number of halogens is 1. The number of nitrogens with one attached hydrogen (secondary N) is 2. The molecule has 2 N–H and O–H groups in total. The van der Waals surface area contributed by atoms with Crippen molar-refractivity contribution >= 4 is 46.8 Å². The Morgan fingerprint density at radius 3 is 2.45 bits per heavy atom. The third-order valence-electron chi connectivity index (χ3n) is 5.47. The van der Waals surface area contributed by atoms with Crippen LogP contribution >= 0.6 is 23.4 Å². The number of ether oxygens (including phenoxy) is 1. The van der Waals surface area contributed by atoms with Crippen LogP contribution in [0.3, 0.4) is 0 Å². The monoisotopic (exact) mass is 557 g/mol. The first kappa shape index (κ1) is 29.2. The number of hydrogen-bond acceptors (Lipinski definition) is 7. The Bertz CT molecular complexity index is 1290. The number of anilines is 1. The molecule has 38 heavy (non-hydrogen) atoms. The van der Waals surface area contributed by atoms with Gasteiger partial charge in [-0.2, -0.15) is 0 Å². The lowest BCUT2D eigenvalue weighted by atomic mass is 10.0. The lowest BCUT2D eigenvalue weighted by Gasteiger charge is -2.22. The quantitative estimate of drug-likeness (QED) is 0.240. The highest BCUT2D eigenvalue weighted by molar-refractivity contribution is 7.99. The van der Waals surface area contributed by atoms with E-state index in [1.807, 2.05) is 25.3 Å². The van der Waals surface area contributed by atoms with Crippen LogP contribution in [0.4, 0.5) is 5.69 Å². The molecule has 3 aromatic rings. The van der Waals surface area contributed by atoms with Gasteiger partial charge in [0.25, 0.3) is 5.91 Å². The third kappa shape index (κ3) is 7.58. The van der Waals surface area contributed by atoms with Gasteiger partial charge in [-0.1, -0.05) is 55.4 Å². The standard InChI is InChI=1S/C27H32ClN5O4S/c1-6-33-24(23(16(2)3)30-25(35)20-12-7-8-13-21(20)28)31-32-27(33)38-15-22(34)29-19-11-9-10-18(14-19)26(36)37-17(4)5/h7-14,16-17,23H,6,15H2,1-5H3,(H,29,34)(H,30,35)/t23-/m1/s1. The number of carbonyl (C=O) groups is 3. The van der Waals surface area contributed by atoms with E-state index in [0.717, 1.165) is 0 Å². The van der Waals surface area contributed by atoms with E-state index in [9.17, 15) is 14.4 Å². The zero-order chi connectivity index (χ0) is 27.8. The summed E-state index contributed by atoms with van der Waals surface area (Å²) in [5, 5.41) is 15.4. The summed E-state index contributed by atoms with van der Waals surface area (Å²) in [6, 6.07) is 13.1. The number of esters is 1. The number of carbonyl (C=O) groups excluding carboxylic acids is 3. The third-order valence-corrected chi connectivity index (χ3v) is 6.77. The molecule has 3 rings (SSSR count). The van der Waals surface area contributed by atoms with Crippen molar-refractivity contribution in [3.05, 3.63) is 70.5 Å². The van der Waals surface area contributed by atoms with E-state index in [-0.39, 0.29) is 29.6 Å². The number of thioether (sulfide) groups is 1. The molecule has 0 bridgehead atoms.